The molecule has 1 N–H and O–H groups in total. The normalized spacial score (nSPS) is 9.68. The van der Waals surface area contributed by atoms with Gasteiger partial charge in [-0.15, -0.1) is 0 Å². The van der Waals surface area contributed by atoms with Crippen LogP contribution < -0.4 is 24.3 Å². The molecule has 0 heterocycles. The third kappa shape index (κ3) is 4.54. The fourth-order valence-corrected chi connectivity index (χ4v) is 2.12. The number of carbonyl (C=O) groups is 1. The van der Waals surface area contributed by atoms with Crippen LogP contribution in [0.3, 0.4) is 0 Å². The molecule has 0 aliphatic heterocycles. The van der Waals surface area contributed by atoms with Crippen LogP contribution in [0, 0.1) is 11.3 Å². The first-order chi connectivity index (χ1) is 12.1. The van der Waals surface area contributed by atoms with Crippen LogP contribution in [-0.4, -0.2) is 33.8 Å². The smallest absolute Gasteiger partial charge is 0.262 e. The number of nitrogens with zero attached hydrogens (tertiary/aromatic N) is 1. The third-order valence-electron chi connectivity index (χ3n) is 3.30. The van der Waals surface area contributed by atoms with Crippen LogP contribution in [0.15, 0.2) is 36.4 Å². The molecule has 2 aromatic carbocycles. The lowest BCUT2D eigenvalue weighted by molar-refractivity contribution is -0.118. The van der Waals surface area contributed by atoms with Gasteiger partial charge in [-0.3, -0.25) is 4.79 Å². The van der Waals surface area contributed by atoms with Crippen LogP contribution in [0.1, 0.15) is 5.56 Å². The summed E-state index contributed by atoms with van der Waals surface area (Å²) in [7, 11) is 4.50. The summed E-state index contributed by atoms with van der Waals surface area (Å²) in [5.74, 6) is 1.46. The summed E-state index contributed by atoms with van der Waals surface area (Å²) in [6.07, 6.45) is 0. The summed E-state index contributed by atoms with van der Waals surface area (Å²) in [5, 5.41) is 11.5. The molecule has 7 nitrogen and oxygen atoms in total. The summed E-state index contributed by atoms with van der Waals surface area (Å²) in [6, 6.07) is 11.8. The summed E-state index contributed by atoms with van der Waals surface area (Å²) in [5.41, 5.74) is 1.01. The van der Waals surface area contributed by atoms with Gasteiger partial charge in [0.05, 0.1) is 33.0 Å². The predicted molar refractivity (Wildman–Crippen MR) is 91.4 cm³/mol. The minimum Gasteiger partial charge on any atom is -0.493 e. The van der Waals surface area contributed by atoms with E-state index in [-0.39, 0.29) is 12.5 Å². The molecule has 0 fully saturated rings. The Hall–Kier alpha value is -3.40. The van der Waals surface area contributed by atoms with Crippen molar-refractivity contribution in [1.82, 2.24) is 0 Å². The highest BCUT2D eigenvalue weighted by atomic mass is 16.5. The molecule has 0 aromatic heterocycles. The van der Waals surface area contributed by atoms with Crippen molar-refractivity contribution in [2.24, 2.45) is 0 Å². The Bertz CT molecular complexity index is 756. The highest BCUT2D eigenvalue weighted by molar-refractivity contribution is 5.92. The predicted octanol–water partition coefficient (Wildman–Crippen LogP) is 2.60. The molecule has 0 saturated carbocycles. The molecule has 7 heteroatoms. The molecule has 0 aliphatic carbocycles. The summed E-state index contributed by atoms with van der Waals surface area (Å²) < 4.78 is 21.1. The van der Waals surface area contributed by atoms with E-state index in [1.165, 1.54) is 21.3 Å². The highest BCUT2D eigenvalue weighted by Crippen LogP contribution is 2.39. The van der Waals surface area contributed by atoms with Crippen molar-refractivity contribution in [3.05, 3.63) is 42.0 Å². The van der Waals surface area contributed by atoms with E-state index in [1.807, 2.05) is 6.07 Å². The number of hydrogen-bond donors (Lipinski definition) is 1. The van der Waals surface area contributed by atoms with Gasteiger partial charge >= 0.3 is 0 Å². The van der Waals surface area contributed by atoms with E-state index < -0.39 is 0 Å². The zero-order chi connectivity index (χ0) is 18.2. The van der Waals surface area contributed by atoms with E-state index in [0.717, 1.165) is 0 Å². The van der Waals surface area contributed by atoms with E-state index in [1.54, 1.807) is 36.4 Å². The van der Waals surface area contributed by atoms with Gasteiger partial charge < -0.3 is 24.3 Å². The minimum atomic E-state index is -0.348. The molecule has 0 aliphatic rings. The maximum Gasteiger partial charge on any atom is 0.262 e. The zero-order valence-electron chi connectivity index (χ0n) is 14.2. The molecule has 0 radical (unpaired) electrons. The fraction of sp³-hybridized carbons (Fsp3) is 0.222. The highest BCUT2D eigenvalue weighted by Gasteiger charge is 2.14. The number of methoxy groups -OCH3 is 3. The van der Waals surface area contributed by atoms with Gasteiger partial charge in [0, 0.05) is 17.8 Å². The first-order valence-electron chi connectivity index (χ1n) is 7.34. The van der Waals surface area contributed by atoms with Crippen molar-refractivity contribution < 1.29 is 23.7 Å². The molecule has 0 saturated heterocycles. The fourth-order valence-electron chi connectivity index (χ4n) is 2.12. The molecule has 130 valence electrons. The Morgan fingerprint density at radius 3 is 2.12 bits per heavy atom. The first-order valence-corrected chi connectivity index (χ1v) is 7.34. The van der Waals surface area contributed by atoms with E-state index in [4.69, 9.17) is 24.2 Å². The van der Waals surface area contributed by atoms with Crippen LogP contribution in [0.4, 0.5) is 5.69 Å². The van der Waals surface area contributed by atoms with Gasteiger partial charge in [-0.1, -0.05) is 0 Å². The molecule has 0 spiro atoms. The quantitative estimate of drug-likeness (QED) is 0.832. The Morgan fingerprint density at radius 2 is 1.64 bits per heavy atom. The molecule has 0 atom stereocenters. The van der Waals surface area contributed by atoms with E-state index in [2.05, 4.69) is 5.32 Å². The van der Waals surface area contributed by atoms with Crippen molar-refractivity contribution in [1.29, 1.82) is 5.26 Å². The SMILES string of the molecule is COc1cc(NC(=O)COc2ccc(C#N)cc2)cc(OC)c1OC. The molecule has 0 bridgehead atoms. The topological polar surface area (TPSA) is 89.8 Å². The van der Waals surface area contributed by atoms with E-state index in [9.17, 15) is 4.79 Å². The number of hydrogen-bond acceptors (Lipinski definition) is 6. The standard InChI is InChI=1S/C18H18N2O5/c1-22-15-8-13(9-16(23-2)18(15)24-3)20-17(21)11-25-14-6-4-12(10-19)5-7-14/h4-9H,11H2,1-3H3,(H,20,21). The van der Waals surface area contributed by atoms with Gasteiger partial charge in [0.25, 0.3) is 5.91 Å². The zero-order valence-corrected chi connectivity index (χ0v) is 14.2. The van der Waals surface area contributed by atoms with Gasteiger partial charge in [-0.25, -0.2) is 0 Å². The number of anilines is 1. The van der Waals surface area contributed by atoms with Crippen LogP contribution in [0.25, 0.3) is 0 Å². The van der Waals surface area contributed by atoms with Crippen molar-refractivity contribution in [2.75, 3.05) is 33.3 Å². The Labute approximate surface area is 145 Å². The van der Waals surface area contributed by atoms with E-state index >= 15 is 0 Å². The molecule has 25 heavy (non-hydrogen) atoms. The van der Waals surface area contributed by atoms with Gasteiger partial charge in [0.15, 0.2) is 18.1 Å². The number of carbonyl (C=O) groups excluding carboxylic acids is 1. The van der Waals surface area contributed by atoms with Gasteiger partial charge in [0.1, 0.15) is 5.75 Å². The molecule has 2 rings (SSSR count). The van der Waals surface area contributed by atoms with E-state index in [0.29, 0.717) is 34.2 Å². The second-order valence-electron chi connectivity index (χ2n) is 4.89. The Kier molecular flexibility index (Phi) is 6.07. The second-order valence-corrected chi connectivity index (χ2v) is 4.89. The van der Waals surface area contributed by atoms with Crippen molar-refractivity contribution in [3.8, 4) is 29.1 Å². The average molecular weight is 342 g/mol. The largest absolute Gasteiger partial charge is 0.493 e. The van der Waals surface area contributed by atoms with Crippen LogP contribution in [0.5, 0.6) is 23.0 Å². The molecule has 2 aromatic rings. The number of nitriles is 1. The van der Waals surface area contributed by atoms with Gasteiger partial charge in [-0.2, -0.15) is 5.26 Å². The van der Waals surface area contributed by atoms with Crippen LogP contribution in [-0.2, 0) is 4.79 Å². The summed E-state index contributed by atoms with van der Waals surface area (Å²) in [4.78, 5) is 12.1. The summed E-state index contributed by atoms with van der Waals surface area (Å²) >= 11 is 0. The monoisotopic (exact) mass is 342 g/mol. The van der Waals surface area contributed by atoms with Gasteiger partial charge in [-0.05, 0) is 24.3 Å². The second kappa shape index (κ2) is 8.45. The maximum absolute atomic E-state index is 12.1. The minimum absolute atomic E-state index is 0.178. The summed E-state index contributed by atoms with van der Waals surface area (Å²) in [6.45, 7) is -0.178. The Morgan fingerprint density at radius 1 is 1.04 bits per heavy atom. The number of ether oxygens (including phenoxy) is 4. The molecule has 1 amide bonds. The number of benzene rings is 2. The number of amides is 1. The molecular formula is C18H18N2O5. The Balaban J connectivity index is 2.03. The maximum atomic E-state index is 12.1. The number of rotatable bonds is 7. The third-order valence-corrected chi connectivity index (χ3v) is 3.30. The first kappa shape index (κ1) is 17.9. The van der Waals surface area contributed by atoms with Crippen molar-refractivity contribution in [3.63, 3.8) is 0 Å². The lowest BCUT2D eigenvalue weighted by Crippen LogP contribution is -2.20. The lowest BCUT2D eigenvalue weighted by atomic mass is 10.2. The molecular weight excluding hydrogens is 324 g/mol. The molecule has 0 unspecified atom stereocenters. The average Bonchev–Trinajstić information content (AvgIpc) is 2.65. The van der Waals surface area contributed by atoms with Crippen molar-refractivity contribution in [2.45, 2.75) is 0 Å². The van der Waals surface area contributed by atoms with Gasteiger partial charge in [0.2, 0.25) is 5.75 Å². The van der Waals surface area contributed by atoms with Crippen LogP contribution in [0.2, 0.25) is 0 Å². The van der Waals surface area contributed by atoms with Crippen molar-refractivity contribution >= 4 is 11.6 Å². The van der Waals surface area contributed by atoms with Crippen LogP contribution >= 0.6 is 0 Å². The lowest BCUT2D eigenvalue weighted by Gasteiger charge is -2.14. The number of nitrogens with one attached hydrogen (secondary N) is 1.